The molecule has 0 spiro atoms. The van der Waals surface area contributed by atoms with E-state index in [1.807, 2.05) is 12.1 Å². The zero-order chi connectivity index (χ0) is 12.5. The van der Waals surface area contributed by atoms with Gasteiger partial charge in [0.05, 0.1) is 5.02 Å². The van der Waals surface area contributed by atoms with Crippen molar-refractivity contribution in [2.24, 2.45) is 7.05 Å². The molecule has 18 heavy (non-hydrogen) atoms. The largest absolute Gasteiger partial charge is 0.350 e. The summed E-state index contributed by atoms with van der Waals surface area (Å²) in [4.78, 5) is 2.48. The van der Waals surface area contributed by atoms with Crippen LogP contribution in [0.1, 0.15) is 5.56 Å². The molecule has 1 saturated heterocycles. The maximum absolute atomic E-state index is 6.35. The smallest absolute Gasteiger partial charge is 0.0503 e. The van der Waals surface area contributed by atoms with Crippen LogP contribution < -0.4 is 5.32 Å². The second-order valence-corrected chi connectivity index (χ2v) is 5.33. The predicted octanol–water partition coefficient (Wildman–Crippen LogP) is 2.24. The molecule has 1 aliphatic heterocycles. The van der Waals surface area contributed by atoms with Gasteiger partial charge in [-0.3, -0.25) is 4.90 Å². The lowest BCUT2D eigenvalue weighted by Crippen LogP contribution is -2.42. The molecular formula is C14H18ClN3. The lowest BCUT2D eigenvalue weighted by molar-refractivity contribution is 0.234. The zero-order valence-corrected chi connectivity index (χ0v) is 11.4. The van der Waals surface area contributed by atoms with Crippen molar-refractivity contribution in [1.82, 2.24) is 14.8 Å². The highest BCUT2D eigenvalue weighted by molar-refractivity contribution is 6.35. The van der Waals surface area contributed by atoms with E-state index in [0.717, 1.165) is 37.7 Å². The molecule has 0 amide bonds. The van der Waals surface area contributed by atoms with Crippen LogP contribution in [0.15, 0.2) is 24.4 Å². The lowest BCUT2D eigenvalue weighted by Gasteiger charge is -2.26. The Bertz CT molecular complexity index is 555. The van der Waals surface area contributed by atoms with Crippen LogP contribution in [0.5, 0.6) is 0 Å². The number of halogens is 1. The van der Waals surface area contributed by atoms with Crippen molar-refractivity contribution in [1.29, 1.82) is 0 Å². The van der Waals surface area contributed by atoms with E-state index in [9.17, 15) is 0 Å². The summed E-state index contributed by atoms with van der Waals surface area (Å²) < 4.78 is 2.17. The van der Waals surface area contributed by atoms with Gasteiger partial charge < -0.3 is 9.88 Å². The molecule has 1 N–H and O–H groups in total. The number of hydrogen-bond donors (Lipinski definition) is 1. The van der Waals surface area contributed by atoms with E-state index < -0.39 is 0 Å². The molecule has 0 radical (unpaired) electrons. The highest BCUT2D eigenvalue weighted by Crippen LogP contribution is 2.29. The van der Waals surface area contributed by atoms with Crippen LogP contribution in [0.2, 0.25) is 5.02 Å². The van der Waals surface area contributed by atoms with E-state index in [4.69, 9.17) is 11.6 Å². The van der Waals surface area contributed by atoms with Gasteiger partial charge in [0.15, 0.2) is 0 Å². The average Bonchev–Trinajstić information content (AvgIpc) is 2.69. The van der Waals surface area contributed by atoms with Crippen molar-refractivity contribution in [3.63, 3.8) is 0 Å². The van der Waals surface area contributed by atoms with Crippen molar-refractivity contribution in [2.45, 2.75) is 6.54 Å². The van der Waals surface area contributed by atoms with Gasteiger partial charge in [0.2, 0.25) is 0 Å². The van der Waals surface area contributed by atoms with E-state index in [2.05, 4.69) is 34.1 Å². The first-order chi connectivity index (χ1) is 8.75. The normalized spacial score (nSPS) is 17.4. The zero-order valence-electron chi connectivity index (χ0n) is 10.6. The standard InChI is InChI=1S/C14H18ClN3/c1-17-9-11(10-18-7-5-16-6-8-18)14-12(15)3-2-4-13(14)17/h2-4,9,16H,5-8,10H2,1H3. The van der Waals surface area contributed by atoms with E-state index >= 15 is 0 Å². The Hall–Kier alpha value is -1.03. The van der Waals surface area contributed by atoms with Crippen molar-refractivity contribution >= 4 is 22.5 Å². The maximum Gasteiger partial charge on any atom is 0.0503 e. The first-order valence-electron chi connectivity index (χ1n) is 6.41. The summed E-state index contributed by atoms with van der Waals surface area (Å²) in [6.45, 7) is 5.38. The Morgan fingerprint density at radius 2 is 2.06 bits per heavy atom. The summed E-state index contributed by atoms with van der Waals surface area (Å²) >= 11 is 6.35. The third-order valence-corrected chi connectivity index (χ3v) is 3.96. The summed E-state index contributed by atoms with van der Waals surface area (Å²) in [7, 11) is 2.08. The number of rotatable bonds is 2. The van der Waals surface area contributed by atoms with E-state index in [1.54, 1.807) is 0 Å². The molecule has 1 fully saturated rings. The highest BCUT2D eigenvalue weighted by Gasteiger charge is 2.15. The van der Waals surface area contributed by atoms with Gasteiger partial charge in [-0.1, -0.05) is 17.7 Å². The Kier molecular flexibility index (Phi) is 3.29. The van der Waals surface area contributed by atoms with Crippen LogP contribution in [-0.2, 0) is 13.6 Å². The number of aryl methyl sites for hydroxylation is 1. The molecule has 1 aromatic carbocycles. The molecule has 1 aromatic heterocycles. The molecule has 2 heterocycles. The SMILES string of the molecule is Cn1cc(CN2CCNCC2)c2c(Cl)cccc21. The topological polar surface area (TPSA) is 20.2 Å². The minimum Gasteiger partial charge on any atom is -0.350 e. The van der Waals surface area contributed by atoms with Gasteiger partial charge in [0.25, 0.3) is 0 Å². The molecule has 2 aromatic rings. The van der Waals surface area contributed by atoms with Gasteiger partial charge in [-0.05, 0) is 17.7 Å². The fourth-order valence-electron chi connectivity index (χ4n) is 2.72. The number of nitrogens with zero attached hydrogens (tertiary/aromatic N) is 2. The third kappa shape index (κ3) is 2.14. The summed E-state index contributed by atoms with van der Waals surface area (Å²) in [5.74, 6) is 0. The van der Waals surface area contributed by atoms with Crippen LogP contribution in [0.3, 0.4) is 0 Å². The van der Waals surface area contributed by atoms with Gasteiger partial charge in [0, 0.05) is 56.9 Å². The minimum atomic E-state index is 0.859. The summed E-state index contributed by atoms with van der Waals surface area (Å²) in [5.41, 5.74) is 2.55. The van der Waals surface area contributed by atoms with Crippen LogP contribution in [0.4, 0.5) is 0 Å². The van der Waals surface area contributed by atoms with Crippen LogP contribution in [0.25, 0.3) is 10.9 Å². The van der Waals surface area contributed by atoms with Crippen LogP contribution in [-0.4, -0.2) is 35.6 Å². The summed E-state index contributed by atoms with van der Waals surface area (Å²) in [6, 6.07) is 6.12. The van der Waals surface area contributed by atoms with E-state index in [-0.39, 0.29) is 0 Å². The fourth-order valence-corrected chi connectivity index (χ4v) is 3.01. The lowest BCUT2D eigenvalue weighted by atomic mass is 10.1. The van der Waals surface area contributed by atoms with Crippen molar-refractivity contribution in [3.8, 4) is 0 Å². The van der Waals surface area contributed by atoms with Crippen LogP contribution in [0, 0.1) is 0 Å². The Morgan fingerprint density at radius 1 is 1.28 bits per heavy atom. The second kappa shape index (κ2) is 4.92. The second-order valence-electron chi connectivity index (χ2n) is 4.93. The number of piperazine rings is 1. The summed E-state index contributed by atoms with van der Waals surface area (Å²) in [5, 5.41) is 5.45. The van der Waals surface area contributed by atoms with Gasteiger partial charge >= 0.3 is 0 Å². The molecule has 0 aliphatic carbocycles. The molecule has 3 rings (SSSR count). The maximum atomic E-state index is 6.35. The average molecular weight is 264 g/mol. The predicted molar refractivity (Wildman–Crippen MR) is 76.1 cm³/mol. The number of benzene rings is 1. The molecule has 3 nitrogen and oxygen atoms in total. The van der Waals surface area contributed by atoms with Gasteiger partial charge in [0.1, 0.15) is 0 Å². The van der Waals surface area contributed by atoms with Crippen molar-refractivity contribution < 1.29 is 0 Å². The molecule has 1 aliphatic rings. The third-order valence-electron chi connectivity index (χ3n) is 3.65. The van der Waals surface area contributed by atoms with Crippen LogP contribution >= 0.6 is 11.6 Å². The molecule has 4 heteroatoms. The molecule has 0 atom stereocenters. The highest BCUT2D eigenvalue weighted by atomic mass is 35.5. The first kappa shape index (κ1) is 12.0. The Labute approximate surface area is 112 Å². The van der Waals surface area contributed by atoms with Crippen molar-refractivity contribution in [3.05, 3.63) is 35.0 Å². The summed E-state index contributed by atoms with van der Waals surface area (Å²) in [6.07, 6.45) is 2.21. The quantitative estimate of drug-likeness (QED) is 0.897. The minimum absolute atomic E-state index is 0.859. The molecular weight excluding hydrogens is 246 g/mol. The number of hydrogen-bond acceptors (Lipinski definition) is 2. The number of aromatic nitrogens is 1. The van der Waals surface area contributed by atoms with E-state index in [0.29, 0.717) is 0 Å². The van der Waals surface area contributed by atoms with Gasteiger partial charge in [-0.2, -0.15) is 0 Å². The fraction of sp³-hybridized carbons (Fsp3) is 0.429. The first-order valence-corrected chi connectivity index (χ1v) is 6.79. The van der Waals surface area contributed by atoms with Gasteiger partial charge in [-0.25, -0.2) is 0 Å². The van der Waals surface area contributed by atoms with E-state index in [1.165, 1.54) is 16.5 Å². The van der Waals surface area contributed by atoms with Crippen molar-refractivity contribution in [2.75, 3.05) is 26.2 Å². The Morgan fingerprint density at radius 3 is 2.83 bits per heavy atom. The molecule has 0 unspecified atom stereocenters. The molecule has 0 saturated carbocycles. The molecule has 0 bridgehead atoms. The monoisotopic (exact) mass is 263 g/mol. The number of fused-ring (bicyclic) bond motifs is 1. The van der Waals surface area contributed by atoms with Gasteiger partial charge in [-0.15, -0.1) is 0 Å². The number of nitrogens with one attached hydrogen (secondary N) is 1. The molecule has 96 valence electrons. The Balaban J connectivity index is 1.96.